The van der Waals surface area contributed by atoms with Crippen molar-refractivity contribution in [1.29, 1.82) is 0 Å². The van der Waals surface area contributed by atoms with Gasteiger partial charge >= 0.3 is 0 Å². The number of ether oxygens (including phenoxy) is 1. The number of nitrogens with one attached hydrogen (secondary N) is 1. The summed E-state index contributed by atoms with van der Waals surface area (Å²) in [6.45, 7) is 4.10. The minimum absolute atomic E-state index is 0.0328. The summed E-state index contributed by atoms with van der Waals surface area (Å²) in [7, 11) is -3.64. The number of sulfonamides is 1. The van der Waals surface area contributed by atoms with Gasteiger partial charge in [-0.2, -0.15) is 0 Å². The van der Waals surface area contributed by atoms with Crippen molar-refractivity contribution in [2.75, 3.05) is 23.7 Å². The van der Waals surface area contributed by atoms with Gasteiger partial charge in [-0.15, -0.1) is 0 Å². The molecule has 8 nitrogen and oxygen atoms in total. The molecule has 0 unspecified atom stereocenters. The van der Waals surface area contributed by atoms with Gasteiger partial charge in [0, 0.05) is 25.6 Å². The average Bonchev–Trinajstić information content (AvgIpc) is 3.39. The number of hydrogen-bond donors (Lipinski definition) is 1. The van der Waals surface area contributed by atoms with E-state index in [1.165, 1.54) is 21.3 Å². The van der Waals surface area contributed by atoms with Crippen LogP contribution in [0.3, 0.4) is 0 Å². The number of hydrogen-bond acceptors (Lipinski definition) is 5. The second-order valence-electron chi connectivity index (χ2n) is 9.65. The fraction of sp³-hybridized carbons (Fsp3) is 0.500. The molecule has 1 aliphatic rings. The zero-order chi connectivity index (χ0) is 27.7. The van der Waals surface area contributed by atoms with E-state index in [-0.39, 0.29) is 49.6 Å². The van der Waals surface area contributed by atoms with Crippen molar-refractivity contribution in [3.8, 4) is 5.75 Å². The highest BCUT2D eigenvalue weighted by Gasteiger charge is 2.29. The monoisotopic (exact) mass is 547 g/mol. The lowest BCUT2D eigenvalue weighted by Crippen LogP contribution is -2.49. The largest absolute Gasteiger partial charge is 0.492 e. The van der Waals surface area contributed by atoms with Crippen LogP contribution in [0.15, 0.2) is 48.5 Å². The molecule has 2 amide bonds. The fourth-order valence-electron chi connectivity index (χ4n) is 4.68. The number of carbonyl (C=O) groups is 2. The van der Waals surface area contributed by atoms with Crippen LogP contribution in [0.1, 0.15) is 57.9 Å². The zero-order valence-corrected chi connectivity index (χ0v) is 23.2. The minimum atomic E-state index is -3.64. The minimum Gasteiger partial charge on any atom is -0.492 e. The molecule has 1 atom stereocenters. The van der Waals surface area contributed by atoms with Crippen LogP contribution in [0.5, 0.6) is 5.75 Å². The lowest BCUT2D eigenvalue weighted by molar-refractivity contribution is -0.141. The molecule has 2 aromatic carbocycles. The van der Waals surface area contributed by atoms with E-state index in [0.29, 0.717) is 23.6 Å². The number of rotatable bonds is 13. The van der Waals surface area contributed by atoms with E-state index in [2.05, 4.69) is 5.32 Å². The third-order valence-electron chi connectivity index (χ3n) is 6.72. The second kappa shape index (κ2) is 13.6. The van der Waals surface area contributed by atoms with Crippen molar-refractivity contribution in [3.63, 3.8) is 0 Å². The Morgan fingerprint density at radius 3 is 2.39 bits per heavy atom. The van der Waals surface area contributed by atoms with E-state index in [0.717, 1.165) is 31.9 Å². The molecule has 1 aliphatic carbocycles. The Bertz CT molecular complexity index is 1180. The van der Waals surface area contributed by atoms with Gasteiger partial charge in [-0.1, -0.05) is 37.1 Å². The lowest BCUT2D eigenvalue weighted by Gasteiger charge is -2.30. The van der Waals surface area contributed by atoms with Gasteiger partial charge in [-0.3, -0.25) is 13.9 Å². The quantitative estimate of drug-likeness (QED) is 0.405. The molecule has 1 fully saturated rings. The number of nitrogens with zero attached hydrogens (tertiary/aromatic N) is 2. The molecule has 0 spiro atoms. The van der Waals surface area contributed by atoms with E-state index in [1.54, 1.807) is 43.3 Å². The fourth-order valence-corrected chi connectivity index (χ4v) is 5.65. The van der Waals surface area contributed by atoms with Gasteiger partial charge in [-0.05, 0) is 62.9 Å². The maximum absolute atomic E-state index is 13.4. The highest BCUT2D eigenvalue weighted by atomic mass is 32.2. The normalized spacial score (nSPS) is 14.6. The van der Waals surface area contributed by atoms with Crippen LogP contribution in [-0.4, -0.2) is 56.6 Å². The van der Waals surface area contributed by atoms with Gasteiger partial charge in [0.2, 0.25) is 21.8 Å². The molecule has 2 aromatic rings. The van der Waals surface area contributed by atoms with E-state index in [4.69, 9.17) is 4.74 Å². The SMILES string of the molecule is CCOc1ccccc1N(CCCC(=O)N(Cc1ccc(F)cc1)[C@H](C)C(=O)NC1CCCC1)S(C)(=O)=O. The third-order valence-corrected chi connectivity index (χ3v) is 7.90. The summed E-state index contributed by atoms with van der Waals surface area (Å²) in [5, 5.41) is 3.05. The first-order valence-electron chi connectivity index (χ1n) is 13.1. The predicted octanol–water partition coefficient (Wildman–Crippen LogP) is 4.25. The molecule has 0 radical (unpaired) electrons. The highest BCUT2D eigenvalue weighted by Crippen LogP contribution is 2.30. The summed E-state index contributed by atoms with van der Waals surface area (Å²) in [5.74, 6) is -0.445. The number of carbonyl (C=O) groups excluding carboxylic acids is 2. The molecule has 0 saturated heterocycles. The predicted molar refractivity (Wildman–Crippen MR) is 146 cm³/mol. The van der Waals surface area contributed by atoms with Gasteiger partial charge < -0.3 is 15.0 Å². The molecule has 208 valence electrons. The van der Waals surface area contributed by atoms with Gasteiger partial charge in [0.1, 0.15) is 17.6 Å². The van der Waals surface area contributed by atoms with E-state index >= 15 is 0 Å². The second-order valence-corrected chi connectivity index (χ2v) is 11.6. The topological polar surface area (TPSA) is 96.0 Å². The first-order valence-corrected chi connectivity index (χ1v) is 15.0. The first kappa shape index (κ1) is 29.4. The van der Waals surface area contributed by atoms with Crippen molar-refractivity contribution in [2.45, 2.75) is 71.0 Å². The Morgan fingerprint density at radius 2 is 1.76 bits per heavy atom. The molecule has 0 aromatic heterocycles. The zero-order valence-electron chi connectivity index (χ0n) is 22.4. The number of para-hydroxylation sites is 2. The average molecular weight is 548 g/mol. The summed E-state index contributed by atoms with van der Waals surface area (Å²) in [6.07, 6.45) is 5.38. The Hall–Kier alpha value is -3.14. The molecule has 38 heavy (non-hydrogen) atoms. The van der Waals surface area contributed by atoms with Gasteiger partial charge in [0.25, 0.3) is 0 Å². The molecule has 0 bridgehead atoms. The van der Waals surface area contributed by atoms with Crippen LogP contribution < -0.4 is 14.4 Å². The van der Waals surface area contributed by atoms with Crippen molar-refractivity contribution in [2.24, 2.45) is 0 Å². The summed E-state index contributed by atoms with van der Waals surface area (Å²) in [6, 6.07) is 12.1. The first-order chi connectivity index (χ1) is 18.1. The van der Waals surface area contributed by atoms with Crippen molar-refractivity contribution in [1.82, 2.24) is 10.2 Å². The van der Waals surface area contributed by atoms with Gasteiger partial charge in [0.05, 0.1) is 18.6 Å². The Kier molecular flexibility index (Phi) is 10.5. The summed E-state index contributed by atoms with van der Waals surface area (Å²) < 4.78 is 45.5. The molecule has 1 N–H and O–H groups in total. The summed E-state index contributed by atoms with van der Waals surface area (Å²) in [4.78, 5) is 27.9. The molecule has 0 heterocycles. The Morgan fingerprint density at radius 1 is 1.11 bits per heavy atom. The highest BCUT2D eigenvalue weighted by molar-refractivity contribution is 7.92. The molecular formula is C28H38FN3O5S. The number of amides is 2. The molecule has 10 heteroatoms. The Balaban J connectivity index is 1.73. The molecule has 1 saturated carbocycles. The maximum atomic E-state index is 13.4. The van der Waals surface area contributed by atoms with Crippen molar-refractivity contribution < 1.29 is 27.1 Å². The molecule has 0 aliphatic heterocycles. The summed E-state index contributed by atoms with van der Waals surface area (Å²) in [5.41, 5.74) is 1.11. The number of halogens is 1. The van der Waals surface area contributed by atoms with Crippen LogP contribution in [0.25, 0.3) is 0 Å². The third kappa shape index (κ3) is 8.18. The van der Waals surface area contributed by atoms with Crippen LogP contribution in [0, 0.1) is 5.82 Å². The maximum Gasteiger partial charge on any atom is 0.242 e. The van der Waals surface area contributed by atoms with Crippen LogP contribution >= 0.6 is 0 Å². The van der Waals surface area contributed by atoms with Crippen LogP contribution in [0.4, 0.5) is 10.1 Å². The van der Waals surface area contributed by atoms with E-state index < -0.39 is 16.1 Å². The number of anilines is 1. The smallest absolute Gasteiger partial charge is 0.242 e. The van der Waals surface area contributed by atoms with Crippen LogP contribution in [-0.2, 0) is 26.2 Å². The van der Waals surface area contributed by atoms with Crippen LogP contribution in [0.2, 0.25) is 0 Å². The van der Waals surface area contributed by atoms with E-state index in [1.807, 2.05) is 6.92 Å². The van der Waals surface area contributed by atoms with E-state index in [9.17, 15) is 22.4 Å². The lowest BCUT2D eigenvalue weighted by atomic mass is 10.1. The standard InChI is InChI=1S/C28H38FN3O5S/c1-4-37-26-13-8-7-12-25(26)32(38(3,35)36)19-9-14-27(33)31(20-22-15-17-23(29)18-16-22)21(2)28(34)30-24-10-5-6-11-24/h7-8,12-13,15-18,21,24H,4-6,9-11,14,19-20H2,1-3H3,(H,30,34)/t21-/m1/s1. The van der Waals surface area contributed by atoms with Crippen molar-refractivity contribution in [3.05, 3.63) is 59.9 Å². The Labute approximate surface area is 225 Å². The van der Waals surface area contributed by atoms with Crippen molar-refractivity contribution >= 4 is 27.5 Å². The van der Waals surface area contributed by atoms with Gasteiger partial charge in [0.15, 0.2) is 0 Å². The molecule has 3 rings (SSSR count). The molecular weight excluding hydrogens is 509 g/mol. The summed E-state index contributed by atoms with van der Waals surface area (Å²) >= 11 is 0. The number of benzene rings is 2. The van der Waals surface area contributed by atoms with Gasteiger partial charge in [-0.25, -0.2) is 12.8 Å².